The smallest absolute Gasteiger partial charge is 0.262 e. The number of nitrogen functional groups attached to an aromatic ring is 1. The SMILES string of the molecule is COc1ccc(NC(=O)COc2cc(C)ccc2C(C)C)cc1N.Cl. The molecule has 25 heavy (non-hydrogen) atoms. The van der Waals surface area contributed by atoms with E-state index in [4.69, 9.17) is 15.2 Å². The van der Waals surface area contributed by atoms with Crippen molar-refractivity contribution in [1.29, 1.82) is 0 Å². The summed E-state index contributed by atoms with van der Waals surface area (Å²) in [7, 11) is 1.55. The normalized spacial score (nSPS) is 10.1. The standard InChI is InChI=1S/C19H24N2O3.ClH/c1-12(2)15-7-5-13(3)9-18(15)24-11-19(22)21-14-6-8-17(23-4)16(20)10-14;/h5-10,12H,11,20H2,1-4H3,(H,21,22);1H. The summed E-state index contributed by atoms with van der Waals surface area (Å²) in [6.45, 7) is 6.13. The van der Waals surface area contributed by atoms with E-state index >= 15 is 0 Å². The second-order valence-corrected chi connectivity index (χ2v) is 5.99. The third-order valence-corrected chi connectivity index (χ3v) is 3.66. The molecule has 0 aliphatic rings. The van der Waals surface area contributed by atoms with Crippen molar-refractivity contribution < 1.29 is 14.3 Å². The molecule has 2 aromatic rings. The summed E-state index contributed by atoms with van der Waals surface area (Å²) in [4.78, 5) is 12.1. The second kappa shape index (κ2) is 9.18. The van der Waals surface area contributed by atoms with Gasteiger partial charge in [-0.25, -0.2) is 0 Å². The molecule has 5 nitrogen and oxygen atoms in total. The van der Waals surface area contributed by atoms with Gasteiger partial charge in [-0.2, -0.15) is 0 Å². The van der Waals surface area contributed by atoms with Gasteiger partial charge in [0.1, 0.15) is 11.5 Å². The summed E-state index contributed by atoms with van der Waals surface area (Å²) in [5.41, 5.74) is 9.09. The molecule has 0 aromatic heterocycles. The first-order chi connectivity index (χ1) is 11.4. The molecule has 0 heterocycles. The van der Waals surface area contributed by atoms with Gasteiger partial charge in [0.15, 0.2) is 6.61 Å². The van der Waals surface area contributed by atoms with Gasteiger partial charge in [0.2, 0.25) is 0 Å². The van der Waals surface area contributed by atoms with Crippen LogP contribution < -0.4 is 20.5 Å². The molecule has 0 saturated heterocycles. The van der Waals surface area contributed by atoms with Crippen LogP contribution in [0.3, 0.4) is 0 Å². The van der Waals surface area contributed by atoms with Crippen molar-refractivity contribution in [2.75, 3.05) is 24.8 Å². The van der Waals surface area contributed by atoms with Gasteiger partial charge in [0, 0.05) is 5.69 Å². The Kier molecular flexibility index (Phi) is 7.58. The Hall–Kier alpha value is -2.40. The Morgan fingerprint density at radius 3 is 2.48 bits per heavy atom. The number of hydrogen-bond acceptors (Lipinski definition) is 4. The lowest BCUT2D eigenvalue weighted by Gasteiger charge is -2.15. The van der Waals surface area contributed by atoms with Crippen LogP contribution >= 0.6 is 12.4 Å². The second-order valence-electron chi connectivity index (χ2n) is 5.99. The minimum atomic E-state index is -0.240. The van der Waals surface area contributed by atoms with Crippen LogP contribution in [0.5, 0.6) is 11.5 Å². The minimum Gasteiger partial charge on any atom is -0.495 e. The summed E-state index contributed by atoms with van der Waals surface area (Å²) in [6, 6.07) is 11.1. The predicted octanol–water partition coefficient (Wildman–Crippen LogP) is 4.15. The molecular formula is C19H25ClN2O3. The third kappa shape index (κ3) is 5.57. The monoisotopic (exact) mass is 364 g/mol. The fourth-order valence-electron chi connectivity index (χ4n) is 2.40. The molecular weight excluding hydrogens is 340 g/mol. The first kappa shape index (κ1) is 20.6. The van der Waals surface area contributed by atoms with Gasteiger partial charge in [0.25, 0.3) is 5.91 Å². The molecule has 0 radical (unpaired) electrons. The van der Waals surface area contributed by atoms with Crippen molar-refractivity contribution in [3.05, 3.63) is 47.5 Å². The number of aryl methyl sites for hydroxylation is 1. The number of nitrogens with two attached hydrogens (primary N) is 1. The average Bonchev–Trinajstić information content (AvgIpc) is 2.53. The molecule has 2 rings (SSSR count). The summed E-state index contributed by atoms with van der Waals surface area (Å²) in [5.74, 6) is 1.40. The highest BCUT2D eigenvalue weighted by Gasteiger charge is 2.11. The van der Waals surface area contributed by atoms with Gasteiger partial charge >= 0.3 is 0 Å². The number of nitrogens with one attached hydrogen (secondary N) is 1. The maximum absolute atomic E-state index is 12.1. The number of halogens is 1. The number of rotatable bonds is 6. The zero-order chi connectivity index (χ0) is 17.7. The molecule has 3 N–H and O–H groups in total. The van der Waals surface area contributed by atoms with Crippen LogP contribution in [0, 0.1) is 6.92 Å². The van der Waals surface area contributed by atoms with E-state index in [1.54, 1.807) is 25.3 Å². The first-order valence-electron chi connectivity index (χ1n) is 7.87. The molecule has 1 amide bonds. The molecule has 0 bridgehead atoms. The van der Waals surface area contributed by atoms with Gasteiger partial charge < -0.3 is 20.5 Å². The van der Waals surface area contributed by atoms with Crippen LogP contribution in [0.1, 0.15) is 30.9 Å². The summed E-state index contributed by atoms with van der Waals surface area (Å²) < 4.78 is 10.8. The number of amides is 1. The van der Waals surface area contributed by atoms with Gasteiger partial charge in [-0.05, 0) is 48.2 Å². The van der Waals surface area contributed by atoms with E-state index in [1.165, 1.54) is 0 Å². The number of benzene rings is 2. The number of carbonyl (C=O) groups excluding carboxylic acids is 1. The Balaban J connectivity index is 0.00000312. The quantitative estimate of drug-likeness (QED) is 0.755. The summed E-state index contributed by atoms with van der Waals surface area (Å²) in [5, 5.41) is 2.77. The number of ether oxygens (including phenoxy) is 2. The van der Waals surface area contributed by atoms with Crippen molar-refractivity contribution in [1.82, 2.24) is 0 Å². The fraction of sp³-hybridized carbons (Fsp3) is 0.316. The highest BCUT2D eigenvalue weighted by molar-refractivity contribution is 5.92. The predicted molar refractivity (Wildman–Crippen MR) is 104 cm³/mol. The molecule has 136 valence electrons. The average molecular weight is 365 g/mol. The van der Waals surface area contributed by atoms with Gasteiger partial charge in [0.05, 0.1) is 12.8 Å². The molecule has 0 saturated carbocycles. The van der Waals surface area contributed by atoms with E-state index in [0.29, 0.717) is 23.0 Å². The first-order valence-corrected chi connectivity index (χ1v) is 7.87. The molecule has 0 atom stereocenters. The van der Waals surface area contributed by atoms with Gasteiger partial charge in [-0.3, -0.25) is 4.79 Å². The molecule has 0 spiro atoms. The number of hydrogen-bond donors (Lipinski definition) is 2. The van der Waals surface area contributed by atoms with Crippen LogP contribution in [-0.2, 0) is 4.79 Å². The summed E-state index contributed by atoms with van der Waals surface area (Å²) in [6.07, 6.45) is 0. The minimum absolute atomic E-state index is 0. The zero-order valence-corrected chi connectivity index (χ0v) is 15.8. The topological polar surface area (TPSA) is 73.6 Å². The van der Waals surface area contributed by atoms with Crippen LogP contribution in [-0.4, -0.2) is 19.6 Å². The number of anilines is 2. The maximum Gasteiger partial charge on any atom is 0.262 e. The zero-order valence-electron chi connectivity index (χ0n) is 15.0. The number of carbonyl (C=O) groups is 1. The van der Waals surface area contributed by atoms with E-state index in [1.807, 2.05) is 25.1 Å². The molecule has 2 aromatic carbocycles. The highest BCUT2D eigenvalue weighted by atomic mass is 35.5. The van der Waals surface area contributed by atoms with E-state index in [2.05, 4.69) is 19.2 Å². The molecule has 0 aliphatic carbocycles. The molecule has 0 unspecified atom stereocenters. The van der Waals surface area contributed by atoms with Gasteiger partial charge in [-0.15, -0.1) is 12.4 Å². The van der Waals surface area contributed by atoms with E-state index in [9.17, 15) is 4.79 Å². The van der Waals surface area contributed by atoms with E-state index in [0.717, 1.165) is 16.9 Å². The van der Waals surface area contributed by atoms with E-state index < -0.39 is 0 Å². The Morgan fingerprint density at radius 2 is 1.88 bits per heavy atom. The lowest BCUT2D eigenvalue weighted by molar-refractivity contribution is -0.118. The Morgan fingerprint density at radius 1 is 1.16 bits per heavy atom. The lowest BCUT2D eigenvalue weighted by atomic mass is 10.0. The lowest BCUT2D eigenvalue weighted by Crippen LogP contribution is -2.20. The molecule has 0 aliphatic heterocycles. The van der Waals surface area contributed by atoms with Crippen LogP contribution in [0.2, 0.25) is 0 Å². The fourth-order valence-corrected chi connectivity index (χ4v) is 2.40. The van der Waals surface area contributed by atoms with Crippen molar-refractivity contribution in [3.63, 3.8) is 0 Å². The third-order valence-electron chi connectivity index (χ3n) is 3.66. The number of methoxy groups -OCH3 is 1. The molecule has 0 fully saturated rings. The van der Waals surface area contributed by atoms with Crippen molar-refractivity contribution >= 4 is 29.7 Å². The van der Waals surface area contributed by atoms with Crippen molar-refractivity contribution in [3.8, 4) is 11.5 Å². The van der Waals surface area contributed by atoms with Crippen LogP contribution in [0.25, 0.3) is 0 Å². The van der Waals surface area contributed by atoms with Crippen molar-refractivity contribution in [2.45, 2.75) is 26.7 Å². The largest absolute Gasteiger partial charge is 0.495 e. The highest BCUT2D eigenvalue weighted by Crippen LogP contribution is 2.28. The van der Waals surface area contributed by atoms with Crippen LogP contribution in [0.4, 0.5) is 11.4 Å². The Labute approximate surface area is 154 Å². The Bertz CT molecular complexity index is 733. The van der Waals surface area contributed by atoms with Crippen LogP contribution in [0.15, 0.2) is 36.4 Å². The maximum atomic E-state index is 12.1. The van der Waals surface area contributed by atoms with E-state index in [-0.39, 0.29) is 24.9 Å². The van der Waals surface area contributed by atoms with Gasteiger partial charge in [-0.1, -0.05) is 26.0 Å². The summed E-state index contributed by atoms with van der Waals surface area (Å²) >= 11 is 0. The molecule has 6 heteroatoms. The van der Waals surface area contributed by atoms with Crippen molar-refractivity contribution in [2.24, 2.45) is 0 Å².